The molecule has 0 aliphatic carbocycles. The van der Waals surface area contributed by atoms with E-state index in [0.29, 0.717) is 5.69 Å². The summed E-state index contributed by atoms with van der Waals surface area (Å²) in [5, 5.41) is 2.87. The van der Waals surface area contributed by atoms with Gasteiger partial charge in [0.2, 0.25) is 5.95 Å². The fraction of sp³-hybridized carbons (Fsp3) is 0.250. The second-order valence-electron chi connectivity index (χ2n) is 6.55. The van der Waals surface area contributed by atoms with Gasteiger partial charge in [0.05, 0.1) is 12.4 Å². The number of hydrogen-bond acceptors (Lipinski definition) is 7. The number of hydrogen-bond donors (Lipinski definition) is 1. The molecular formula is C20H21N7O. The van der Waals surface area contributed by atoms with Gasteiger partial charge in [0.1, 0.15) is 11.5 Å². The van der Waals surface area contributed by atoms with Crippen molar-refractivity contribution < 1.29 is 4.79 Å². The van der Waals surface area contributed by atoms with Crippen molar-refractivity contribution in [2.75, 3.05) is 41.3 Å². The molecule has 0 bridgehead atoms. The zero-order valence-corrected chi connectivity index (χ0v) is 15.6. The van der Waals surface area contributed by atoms with E-state index in [9.17, 15) is 4.79 Å². The Kier molecular flexibility index (Phi) is 5.09. The van der Waals surface area contributed by atoms with E-state index in [1.807, 2.05) is 37.3 Å². The minimum Gasteiger partial charge on any atom is -0.352 e. The first kappa shape index (κ1) is 17.8. The van der Waals surface area contributed by atoms with Gasteiger partial charge in [0, 0.05) is 44.3 Å². The summed E-state index contributed by atoms with van der Waals surface area (Å²) < 4.78 is 0. The third-order valence-corrected chi connectivity index (χ3v) is 4.70. The van der Waals surface area contributed by atoms with Crippen LogP contribution >= 0.6 is 0 Å². The van der Waals surface area contributed by atoms with E-state index < -0.39 is 0 Å². The van der Waals surface area contributed by atoms with Crippen LogP contribution in [0.3, 0.4) is 0 Å². The monoisotopic (exact) mass is 375 g/mol. The number of piperazine rings is 1. The lowest BCUT2D eigenvalue weighted by Crippen LogP contribution is -2.47. The zero-order chi connectivity index (χ0) is 19.3. The molecule has 0 unspecified atom stereocenters. The first-order chi connectivity index (χ1) is 13.7. The van der Waals surface area contributed by atoms with Crippen molar-refractivity contribution in [3.05, 3.63) is 66.4 Å². The highest BCUT2D eigenvalue weighted by atomic mass is 16.1. The minimum atomic E-state index is -0.264. The summed E-state index contributed by atoms with van der Waals surface area (Å²) in [6.07, 6.45) is 6.68. The summed E-state index contributed by atoms with van der Waals surface area (Å²) in [7, 11) is 0. The fourth-order valence-corrected chi connectivity index (χ4v) is 3.09. The standard InChI is InChI=1S/C20H21N7O/c1-15-5-2-3-6-16(15)25-19(28)17-13-24-18(14-23-17)26-9-11-27(12-10-26)20-21-7-4-8-22-20/h2-8,13-14H,9-12H2,1H3,(H,25,28). The normalized spacial score (nSPS) is 14.0. The zero-order valence-electron chi connectivity index (χ0n) is 15.6. The van der Waals surface area contributed by atoms with Crippen LogP contribution in [0.5, 0.6) is 0 Å². The van der Waals surface area contributed by atoms with Gasteiger partial charge in [-0.1, -0.05) is 18.2 Å². The molecule has 0 spiro atoms. The fourth-order valence-electron chi connectivity index (χ4n) is 3.09. The second-order valence-corrected chi connectivity index (χ2v) is 6.55. The van der Waals surface area contributed by atoms with Crippen molar-refractivity contribution in [2.45, 2.75) is 6.92 Å². The largest absolute Gasteiger partial charge is 0.352 e. The number of carbonyl (C=O) groups is 1. The van der Waals surface area contributed by atoms with Crippen LogP contribution in [0.1, 0.15) is 16.1 Å². The van der Waals surface area contributed by atoms with Gasteiger partial charge in [-0.3, -0.25) is 4.79 Å². The summed E-state index contributed by atoms with van der Waals surface area (Å²) in [4.78, 5) is 34.0. The number of carbonyl (C=O) groups excluding carboxylic acids is 1. The molecule has 3 heterocycles. The molecule has 1 fully saturated rings. The highest BCUT2D eigenvalue weighted by molar-refractivity contribution is 6.03. The Morgan fingerprint density at radius 3 is 2.29 bits per heavy atom. The number of nitrogens with zero attached hydrogens (tertiary/aromatic N) is 6. The van der Waals surface area contributed by atoms with Crippen molar-refractivity contribution >= 4 is 23.4 Å². The highest BCUT2D eigenvalue weighted by Gasteiger charge is 2.20. The lowest BCUT2D eigenvalue weighted by molar-refractivity contribution is 0.102. The van der Waals surface area contributed by atoms with Crippen LogP contribution in [0.25, 0.3) is 0 Å². The number of benzene rings is 1. The molecule has 1 aromatic carbocycles. The van der Waals surface area contributed by atoms with Crippen molar-refractivity contribution in [1.82, 2.24) is 19.9 Å². The Balaban J connectivity index is 1.37. The molecule has 8 nitrogen and oxygen atoms in total. The number of nitrogens with one attached hydrogen (secondary N) is 1. The average molecular weight is 375 g/mol. The van der Waals surface area contributed by atoms with Gasteiger partial charge in [-0.15, -0.1) is 0 Å². The number of para-hydroxylation sites is 1. The van der Waals surface area contributed by atoms with Crippen molar-refractivity contribution in [2.24, 2.45) is 0 Å². The van der Waals surface area contributed by atoms with Crippen molar-refractivity contribution in [3.63, 3.8) is 0 Å². The molecule has 3 aromatic rings. The number of aromatic nitrogens is 4. The smallest absolute Gasteiger partial charge is 0.275 e. The van der Waals surface area contributed by atoms with Crippen LogP contribution in [-0.2, 0) is 0 Å². The summed E-state index contributed by atoms with van der Waals surface area (Å²) >= 11 is 0. The molecule has 1 aliphatic rings. The van der Waals surface area contributed by atoms with E-state index in [4.69, 9.17) is 0 Å². The summed E-state index contributed by atoms with van der Waals surface area (Å²) in [5.41, 5.74) is 2.07. The van der Waals surface area contributed by atoms with Gasteiger partial charge in [0.25, 0.3) is 5.91 Å². The van der Waals surface area contributed by atoms with Crippen LogP contribution in [-0.4, -0.2) is 52.0 Å². The number of rotatable bonds is 4. The molecule has 1 N–H and O–H groups in total. The molecule has 0 saturated carbocycles. The Hall–Kier alpha value is -3.55. The van der Waals surface area contributed by atoms with Gasteiger partial charge >= 0.3 is 0 Å². The van der Waals surface area contributed by atoms with Crippen LogP contribution in [0, 0.1) is 6.92 Å². The van der Waals surface area contributed by atoms with Crippen molar-refractivity contribution in [3.8, 4) is 0 Å². The van der Waals surface area contributed by atoms with Gasteiger partial charge < -0.3 is 15.1 Å². The SMILES string of the molecule is Cc1ccccc1NC(=O)c1cnc(N2CCN(c3ncccn3)CC2)cn1. The second kappa shape index (κ2) is 7.99. The average Bonchev–Trinajstić information content (AvgIpc) is 2.76. The molecule has 4 rings (SSSR count). The minimum absolute atomic E-state index is 0.264. The summed E-state index contributed by atoms with van der Waals surface area (Å²) in [6.45, 7) is 5.15. The predicted octanol–water partition coefficient (Wildman–Crippen LogP) is 2.15. The third-order valence-electron chi connectivity index (χ3n) is 4.70. The van der Waals surface area contributed by atoms with Gasteiger partial charge in [0.15, 0.2) is 0 Å². The van der Waals surface area contributed by atoms with Crippen LogP contribution in [0.15, 0.2) is 55.1 Å². The topological polar surface area (TPSA) is 87.1 Å². The molecule has 142 valence electrons. The third kappa shape index (κ3) is 3.90. The maximum atomic E-state index is 12.4. The maximum Gasteiger partial charge on any atom is 0.275 e. The van der Waals surface area contributed by atoms with E-state index in [0.717, 1.165) is 49.2 Å². The molecule has 0 atom stereocenters. The Labute approximate surface area is 163 Å². The highest BCUT2D eigenvalue weighted by Crippen LogP contribution is 2.17. The molecule has 8 heteroatoms. The van der Waals surface area contributed by atoms with E-state index in [2.05, 4.69) is 35.1 Å². The number of amides is 1. The Morgan fingerprint density at radius 1 is 0.893 bits per heavy atom. The van der Waals surface area contributed by atoms with Crippen LogP contribution in [0.4, 0.5) is 17.5 Å². The van der Waals surface area contributed by atoms with Gasteiger partial charge in [-0.25, -0.2) is 19.9 Å². The first-order valence-electron chi connectivity index (χ1n) is 9.16. The molecular weight excluding hydrogens is 354 g/mol. The summed E-state index contributed by atoms with van der Waals surface area (Å²) in [6, 6.07) is 9.45. The van der Waals surface area contributed by atoms with Crippen molar-refractivity contribution in [1.29, 1.82) is 0 Å². The molecule has 1 saturated heterocycles. The molecule has 28 heavy (non-hydrogen) atoms. The van der Waals surface area contributed by atoms with E-state index >= 15 is 0 Å². The van der Waals surface area contributed by atoms with Gasteiger partial charge in [-0.05, 0) is 24.6 Å². The summed E-state index contributed by atoms with van der Waals surface area (Å²) in [5.74, 6) is 1.25. The van der Waals surface area contributed by atoms with E-state index in [1.165, 1.54) is 6.20 Å². The van der Waals surface area contributed by atoms with Crippen LogP contribution < -0.4 is 15.1 Å². The Bertz CT molecular complexity index is 938. The Morgan fingerprint density at radius 2 is 1.61 bits per heavy atom. The van der Waals surface area contributed by atoms with E-state index in [1.54, 1.807) is 18.6 Å². The van der Waals surface area contributed by atoms with Gasteiger partial charge in [-0.2, -0.15) is 0 Å². The molecule has 1 amide bonds. The molecule has 1 aliphatic heterocycles. The first-order valence-corrected chi connectivity index (χ1v) is 9.16. The van der Waals surface area contributed by atoms with E-state index in [-0.39, 0.29) is 5.91 Å². The maximum absolute atomic E-state index is 12.4. The quantitative estimate of drug-likeness (QED) is 0.748. The lowest BCUT2D eigenvalue weighted by atomic mass is 10.2. The number of anilines is 3. The molecule has 2 aromatic heterocycles. The lowest BCUT2D eigenvalue weighted by Gasteiger charge is -2.35. The molecule has 0 radical (unpaired) electrons. The number of aryl methyl sites for hydroxylation is 1. The predicted molar refractivity (Wildman–Crippen MR) is 108 cm³/mol. The van der Waals surface area contributed by atoms with Crippen LogP contribution in [0.2, 0.25) is 0 Å².